The second kappa shape index (κ2) is 6.59. The number of nitrogens with one attached hydrogen (secondary N) is 1. The predicted octanol–water partition coefficient (Wildman–Crippen LogP) is 2.01. The number of hydrogen-bond donors (Lipinski definition) is 2. The van der Waals surface area contributed by atoms with Crippen molar-refractivity contribution >= 4 is 17.5 Å². The summed E-state index contributed by atoms with van der Waals surface area (Å²) in [4.78, 5) is 12.1. The Balaban J connectivity index is 2.03. The van der Waals surface area contributed by atoms with Crippen molar-refractivity contribution in [3.8, 4) is 0 Å². The van der Waals surface area contributed by atoms with Gasteiger partial charge in [-0.2, -0.15) is 0 Å². The third-order valence-electron chi connectivity index (χ3n) is 3.08. The van der Waals surface area contributed by atoms with E-state index in [1.807, 2.05) is 30.3 Å². The van der Waals surface area contributed by atoms with Gasteiger partial charge in [0.25, 0.3) is 5.91 Å². The highest BCUT2D eigenvalue weighted by Gasteiger charge is 2.16. The quantitative estimate of drug-likeness (QED) is 0.886. The van der Waals surface area contributed by atoms with E-state index in [1.54, 1.807) is 23.9 Å². The molecule has 20 heavy (non-hydrogen) atoms. The van der Waals surface area contributed by atoms with Gasteiger partial charge in [-0.15, -0.1) is 0 Å². The summed E-state index contributed by atoms with van der Waals surface area (Å²) in [5, 5.41) is 12.7. The number of benzene rings is 1. The first-order valence-electron chi connectivity index (χ1n) is 6.37. The van der Waals surface area contributed by atoms with Crippen LogP contribution in [0.4, 0.5) is 0 Å². The van der Waals surface area contributed by atoms with Crippen LogP contribution < -0.4 is 5.32 Å². The lowest BCUT2D eigenvalue weighted by atomic mass is 10.1. The zero-order valence-corrected chi connectivity index (χ0v) is 12.0. The Morgan fingerprint density at radius 3 is 2.65 bits per heavy atom. The average molecular weight is 293 g/mol. The molecular formula is C15H17ClN2O2. The molecule has 4 nitrogen and oxygen atoms in total. The summed E-state index contributed by atoms with van der Waals surface area (Å²) in [5.41, 5.74) is 1.54. The zero-order valence-electron chi connectivity index (χ0n) is 11.2. The Hall–Kier alpha value is -1.78. The van der Waals surface area contributed by atoms with Gasteiger partial charge in [0, 0.05) is 13.2 Å². The fraction of sp³-hybridized carbons (Fsp3) is 0.267. The number of rotatable bonds is 5. The van der Waals surface area contributed by atoms with E-state index >= 15 is 0 Å². The number of nitrogens with zero attached hydrogens (tertiary/aromatic N) is 1. The van der Waals surface area contributed by atoms with E-state index in [0.29, 0.717) is 17.1 Å². The van der Waals surface area contributed by atoms with Crippen molar-refractivity contribution in [2.45, 2.75) is 12.5 Å². The normalized spacial score (nSPS) is 12.2. The Kier molecular flexibility index (Phi) is 4.82. The monoisotopic (exact) mass is 292 g/mol. The molecule has 0 aliphatic heterocycles. The van der Waals surface area contributed by atoms with Gasteiger partial charge in [0.1, 0.15) is 5.69 Å². The van der Waals surface area contributed by atoms with Crippen molar-refractivity contribution in [3.63, 3.8) is 0 Å². The van der Waals surface area contributed by atoms with Crippen LogP contribution in [0.3, 0.4) is 0 Å². The summed E-state index contributed by atoms with van der Waals surface area (Å²) in [6, 6.07) is 11.0. The van der Waals surface area contributed by atoms with E-state index < -0.39 is 0 Å². The number of amides is 1. The fourth-order valence-corrected chi connectivity index (χ4v) is 2.32. The van der Waals surface area contributed by atoms with Gasteiger partial charge in [-0.1, -0.05) is 41.9 Å². The molecule has 0 saturated carbocycles. The second-order valence-corrected chi connectivity index (χ2v) is 5.13. The van der Waals surface area contributed by atoms with Crippen molar-refractivity contribution in [1.82, 2.24) is 9.88 Å². The first kappa shape index (κ1) is 14.6. The molecule has 1 heterocycles. The van der Waals surface area contributed by atoms with Gasteiger partial charge in [0.15, 0.2) is 0 Å². The van der Waals surface area contributed by atoms with Gasteiger partial charge in [-0.3, -0.25) is 4.79 Å². The molecule has 2 rings (SSSR count). The van der Waals surface area contributed by atoms with Gasteiger partial charge < -0.3 is 15.0 Å². The van der Waals surface area contributed by atoms with Gasteiger partial charge >= 0.3 is 0 Å². The van der Waals surface area contributed by atoms with E-state index in [4.69, 9.17) is 11.6 Å². The molecule has 0 fully saturated rings. The van der Waals surface area contributed by atoms with E-state index in [1.165, 1.54) is 0 Å². The first-order chi connectivity index (χ1) is 9.60. The number of hydrogen-bond acceptors (Lipinski definition) is 2. The molecule has 1 aromatic carbocycles. The Bertz CT molecular complexity index is 581. The lowest BCUT2D eigenvalue weighted by Gasteiger charge is -2.16. The molecule has 0 aliphatic carbocycles. The maximum Gasteiger partial charge on any atom is 0.268 e. The molecule has 2 N–H and O–H groups in total. The van der Waals surface area contributed by atoms with Crippen molar-refractivity contribution in [3.05, 3.63) is 58.9 Å². The standard InChI is InChI=1S/C15H17ClN2O2/c1-18-9-12(16)8-14(18)15(20)17-13(10-19)7-11-5-3-2-4-6-11/h2-6,8-9,13,19H,7,10H2,1H3,(H,17,20). The van der Waals surface area contributed by atoms with E-state index in [-0.39, 0.29) is 18.6 Å². The van der Waals surface area contributed by atoms with E-state index in [0.717, 1.165) is 5.56 Å². The van der Waals surface area contributed by atoms with Crippen molar-refractivity contribution < 1.29 is 9.90 Å². The van der Waals surface area contributed by atoms with Gasteiger partial charge in [-0.05, 0) is 18.1 Å². The lowest BCUT2D eigenvalue weighted by Crippen LogP contribution is -2.39. The van der Waals surface area contributed by atoms with E-state index in [9.17, 15) is 9.90 Å². The van der Waals surface area contributed by atoms with Crippen LogP contribution >= 0.6 is 11.6 Å². The minimum atomic E-state index is -0.321. The fourth-order valence-electron chi connectivity index (χ4n) is 2.07. The number of aliphatic hydroxyl groups excluding tert-OH is 1. The highest BCUT2D eigenvalue weighted by atomic mass is 35.5. The minimum absolute atomic E-state index is 0.112. The molecule has 5 heteroatoms. The summed E-state index contributed by atoms with van der Waals surface area (Å²) in [6.45, 7) is -0.112. The average Bonchev–Trinajstić information content (AvgIpc) is 2.78. The first-order valence-corrected chi connectivity index (χ1v) is 6.75. The zero-order chi connectivity index (χ0) is 14.5. The number of carbonyl (C=O) groups is 1. The Morgan fingerprint density at radius 2 is 2.10 bits per heavy atom. The number of aliphatic hydroxyl groups is 1. The second-order valence-electron chi connectivity index (χ2n) is 4.70. The van der Waals surface area contributed by atoms with Crippen LogP contribution in [0.1, 0.15) is 16.1 Å². The van der Waals surface area contributed by atoms with Crippen molar-refractivity contribution in [2.24, 2.45) is 7.05 Å². The van der Waals surface area contributed by atoms with Crippen LogP contribution in [0.25, 0.3) is 0 Å². The summed E-state index contributed by atoms with van der Waals surface area (Å²) < 4.78 is 1.66. The van der Waals surface area contributed by atoms with Crippen LogP contribution in [0.15, 0.2) is 42.6 Å². The summed E-state index contributed by atoms with van der Waals surface area (Å²) >= 11 is 5.86. The van der Waals surface area contributed by atoms with Gasteiger partial charge in [0.2, 0.25) is 0 Å². The van der Waals surface area contributed by atoms with E-state index in [2.05, 4.69) is 5.32 Å². The molecule has 0 spiro atoms. The molecule has 0 aliphatic rings. The highest BCUT2D eigenvalue weighted by Crippen LogP contribution is 2.13. The molecule has 1 amide bonds. The summed E-state index contributed by atoms with van der Waals surface area (Å²) in [5.74, 6) is -0.241. The van der Waals surface area contributed by atoms with Crippen LogP contribution in [0.2, 0.25) is 5.02 Å². The molecule has 106 valence electrons. The molecule has 1 aromatic heterocycles. The SMILES string of the molecule is Cn1cc(Cl)cc1C(=O)NC(CO)Cc1ccccc1. The number of carbonyl (C=O) groups excluding carboxylic acids is 1. The number of aryl methyl sites for hydroxylation is 1. The van der Waals surface area contributed by atoms with Crippen molar-refractivity contribution in [2.75, 3.05) is 6.61 Å². The summed E-state index contributed by atoms with van der Waals surface area (Å²) in [7, 11) is 1.76. The smallest absolute Gasteiger partial charge is 0.268 e. The van der Waals surface area contributed by atoms with Gasteiger partial charge in [0.05, 0.1) is 17.7 Å². The Labute approximate surface area is 123 Å². The minimum Gasteiger partial charge on any atom is -0.394 e. The molecule has 0 saturated heterocycles. The van der Waals surface area contributed by atoms with Gasteiger partial charge in [-0.25, -0.2) is 0 Å². The van der Waals surface area contributed by atoms with Crippen LogP contribution in [0, 0.1) is 0 Å². The molecule has 1 atom stereocenters. The molecule has 1 unspecified atom stereocenters. The molecule has 2 aromatic rings. The van der Waals surface area contributed by atoms with Crippen LogP contribution in [-0.4, -0.2) is 28.2 Å². The number of aromatic nitrogens is 1. The Morgan fingerprint density at radius 1 is 1.40 bits per heavy atom. The van der Waals surface area contributed by atoms with Crippen molar-refractivity contribution in [1.29, 1.82) is 0 Å². The highest BCUT2D eigenvalue weighted by molar-refractivity contribution is 6.31. The maximum absolute atomic E-state index is 12.1. The third-order valence-corrected chi connectivity index (χ3v) is 3.29. The maximum atomic E-state index is 12.1. The topological polar surface area (TPSA) is 54.3 Å². The predicted molar refractivity (Wildman–Crippen MR) is 78.9 cm³/mol. The van der Waals surface area contributed by atoms with Crippen LogP contribution in [-0.2, 0) is 13.5 Å². The largest absolute Gasteiger partial charge is 0.394 e. The third kappa shape index (κ3) is 3.62. The summed E-state index contributed by atoms with van der Waals surface area (Å²) in [6.07, 6.45) is 2.25. The molecule has 0 bridgehead atoms. The molecular weight excluding hydrogens is 276 g/mol. The number of halogens is 1. The van der Waals surface area contributed by atoms with Crippen LogP contribution in [0.5, 0.6) is 0 Å². The lowest BCUT2D eigenvalue weighted by molar-refractivity contribution is 0.0908. The molecule has 0 radical (unpaired) electrons.